The minimum Gasteiger partial charge on any atom is -0.349 e. The summed E-state index contributed by atoms with van der Waals surface area (Å²) in [5, 5.41) is 3.79. The fourth-order valence-corrected chi connectivity index (χ4v) is 2.51. The van der Waals surface area contributed by atoms with E-state index < -0.39 is 11.9 Å². The summed E-state index contributed by atoms with van der Waals surface area (Å²) in [4.78, 5) is 20.5. The molecule has 5 nitrogen and oxygen atoms in total. The van der Waals surface area contributed by atoms with Crippen LogP contribution >= 0.6 is 11.6 Å². The van der Waals surface area contributed by atoms with Crippen molar-refractivity contribution in [2.24, 2.45) is 5.73 Å². The molecule has 2 heterocycles. The van der Waals surface area contributed by atoms with Gasteiger partial charge in [-0.05, 0) is 48.0 Å². The van der Waals surface area contributed by atoms with Crippen LogP contribution in [0.5, 0.6) is 0 Å². The van der Waals surface area contributed by atoms with E-state index in [1.165, 1.54) is 12.1 Å². The fourth-order valence-electron chi connectivity index (χ4n) is 2.28. The first-order chi connectivity index (χ1) is 11.5. The van der Waals surface area contributed by atoms with E-state index in [2.05, 4.69) is 15.3 Å². The van der Waals surface area contributed by atoms with Gasteiger partial charge >= 0.3 is 0 Å². The average molecular weight is 345 g/mol. The van der Waals surface area contributed by atoms with Gasteiger partial charge in [-0.3, -0.25) is 4.79 Å². The predicted octanol–water partition coefficient (Wildman–Crippen LogP) is 2.85. The smallest absolute Gasteiger partial charge is 0.270 e. The molecule has 0 radical (unpaired) electrons. The lowest BCUT2D eigenvalue weighted by Gasteiger charge is -2.13. The highest BCUT2D eigenvalue weighted by atomic mass is 35.5. The SMILES string of the molecule is NC(CNC(=O)c1ccc2cccnc2n1)c1cc(F)cc(Cl)c1. The molecule has 24 heavy (non-hydrogen) atoms. The maximum Gasteiger partial charge on any atom is 0.270 e. The number of nitrogens with two attached hydrogens (primary N) is 1. The Kier molecular flexibility index (Phi) is 4.69. The Morgan fingerprint density at radius 1 is 1.29 bits per heavy atom. The number of hydrogen-bond acceptors (Lipinski definition) is 4. The largest absolute Gasteiger partial charge is 0.349 e. The number of amides is 1. The van der Waals surface area contributed by atoms with Crippen LogP contribution in [0.4, 0.5) is 4.39 Å². The van der Waals surface area contributed by atoms with Gasteiger partial charge < -0.3 is 11.1 Å². The summed E-state index contributed by atoms with van der Waals surface area (Å²) in [5.74, 6) is -0.845. The van der Waals surface area contributed by atoms with E-state index >= 15 is 0 Å². The van der Waals surface area contributed by atoms with Gasteiger partial charge in [0.25, 0.3) is 5.91 Å². The highest BCUT2D eigenvalue weighted by molar-refractivity contribution is 6.30. The first-order valence-electron chi connectivity index (χ1n) is 7.24. The molecule has 1 atom stereocenters. The third kappa shape index (κ3) is 3.67. The summed E-state index contributed by atoms with van der Waals surface area (Å²) in [6.07, 6.45) is 1.61. The second-order valence-electron chi connectivity index (χ2n) is 5.27. The van der Waals surface area contributed by atoms with Crippen LogP contribution in [0, 0.1) is 5.82 Å². The minimum atomic E-state index is -0.583. The first-order valence-corrected chi connectivity index (χ1v) is 7.62. The first kappa shape index (κ1) is 16.3. The maximum atomic E-state index is 13.4. The monoisotopic (exact) mass is 344 g/mol. The van der Waals surface area contributed by atoms with Gasteiger partial charge in [-0.1, -0.05) is 11.6 Å². The second kappa shape index (κ2) is 6.90. The van der Waals surface area contributed by atoms with Crippen LogP contribution in [0.15, 0.2) is 48.7 Å². The van der Waals surface area contributed by atoms with Crippen molar-refractivity contribution in [3.05, 3.63) is 70.8 Å². The van der Waals surface area contributed by atoms with Gasteiger partial charge in [0.05, 0.1) is 0 Å². The molecule has 0 aliphatic heterocycles. The Bertz CT molecular complexity index is 882. The molecule has 1 aromatic carbocycles. The Hall–Kier alpha value is -2.57. The summed E-state index contributed by atoms with van der Waals surface area (Å²) >= 11 is 5.81. The molecule has 3 rings (SSSR count). The number of rotatable bonds is 4. The number of nitrogens with one attached hydrogen (secondary N) is 1. The van der Waals surface area contributed by atoms with Crippen molar-refractivity contribution in [1.82, 2.24) is 15.3 Å². The Morgan fingerprint density at radius 3 is 2.92 bits per heavy atom. The number of carbonyl (C=O) groups is 1. The van der Waals surface area contributed by atoms with E-state index in [1.54, 1.807) is 30.5 Å². The van der Waals surface area contributed by atoms with Gasteiger partial charge in [-0.25, -0.2) is 14.4 Å². The summed E-state index contributed by atoms with van der Waals surface area (Å²) in [6, 6.07) is 10.5. The number of carbonyl (C=O) groups excluding carboxylic acids is 1. The summed E-state index contributed by atoms with van der Waals surface area (Å²) < 4.78 is 13.4. The molecule has 1 unspecified atom stereocenters. The van der Waals surface area contributed by atoms with Crippen molar-refractivity contribution in [1.29, 1.82) is 0 Å². The van der Waals surface area contributed by atoms with Crippen molar-refractivity contribution in [3.63, 3.8) is 0 Å². The van der Waals surface area contributed by atoms with Gasteiger partial charge in [0, 0.05) is 29.2 Å². The average Bonchev–Trinajstić information content (AvgIpc) is 2.58. The molecule has 1 amide bonds. The standard InChI is InChI=1S/C17H14ClFN4O/c18-12-6-11(7-13(19)8-12)14(20)9-22-17(24)15-4-3-10-2-1-5-21-16(10)23-15/h1-8,14H,9,20H2,(H,22,24). The number of hydrogen-bond donors (Lipinski definition) is 2. The zero-order valence-corrected chi connectivity index (χ0v) is 13.3. The quantitative estimate of drug-likeness (QED) is 0.762. The number of nitrogens with zero attached hydrogens (tertiary/aromatic N) is 2. The third-order valence-electron chi connectivity index (χ3n) is 3.49. The maximum absolute atomic E-state index is 13.4. The second-order valence-corrected chi connectivity index (χ2v) is 5.70. The van der Waals surface area contributed by atoms with Gasteiger partial charge in [0.1, 0.15) is 11.5 Å². The third-order valence-corrected chi connectivity index (χ3v) is 3.71. The Balaban J connectivity index is 1.69. The summed E-state index contributed by atoms with van der Waals surface area (Å²) in [5.41, 5.74) is 7.22. The minimum absolute atomic E-state index is 0.126. The van der Waals surface area contributed by atoms with Crippen LogP contribution in [0.3, 0.4) is 0 Å². The number of halogens is 2. The number of benzene rings is 1. The lowest BCUT2D eigenvalue weighted by molar-refractivity contribution is 0.0946. The van der Waals surface area contributed by atoms with Crippen LogP contribution in [-0.2, 0) is 0 Å². The van der Waals surface area contributed by atoms with E-state index in [9.17, 15) is 9.18 Å². The van der Waals surface area contributed by atoms with Crippen molar-refractivity contribution >= 4 is 28.5 Å². The molecule has 3 N–H and O–H groups in total. The highest BCUT2D eigenvalue weighted by Gasteiger charge is 2.13. The van der Waals surface area contributed by atoms with Crippen LogP contribution in [0.1, 0.15) is 22.1 Å². The van der Waals surface area contributed by atoms with E-state index in [-0.39, 0.29) is 23.2 Å². The van der Waals surface area contributed by atoms with E-state index in [1.807, 2.05) is 6.07 Å². The Morgan fingerprint density at radius 2 is 2.12 bits per heavy atom. The molecule has 0 bridgehead atoms. The molecule has 0 aliphatic rings. The van der Waals surface area contributed by atoms with E-state index in [0.29, 0.717) is 11.2 Å². The molecular weight excluding hydrogens is 331 g/mol. The normalized spacial score (nSPS) is 12.1. The predicted molar refractivity (Wildman–Crippen MR) is 90.2 cm³/mol. The van der Waals surface area contributed by atoms with Gasteiger partial charge in [-0.15, -0.1) is 0 Å². The van der Waals surface area contributed by atoms with Crippen LogP contribution in [0.25, 0.3) is 11.0 Å². The summed E-state index contributed by atoms with van der Waals surface area (Å²) in [7, 11) is 0. The fraction of sp³-hybridized carbons (Fsp3) is 0.118. The van der Waals surface area contributed by atoms with Crippen molar-refractivity contribution in [2.45, 2.75) is 6.04 Å². The molecule has 0 aliphatic carbocycles. The molecule has 0 spiro atoms. The number of fused-ring (bicyclic) bond motifs is 1. The highest BCUT2D eigenvalue weighted by Crippen LogP contribution is 2.18. The van der Waals surface area contributed by atoms with E-state index in [0.717, 1.165) is 5.39 Å². The van der Waals surface area contributed by atoms with Gasteiger partial charge in [-0.2, -0.15) is 0 Å². The van der Waals surface area contributed by atoms with Crippen LogP contribution < -0.4 is 11.1 Å². The molecule has 0 fully saturated rings. The number of pyridine rings is 2. The molecule has 122 valence electrons. The molecule has 7 heteroatoms. The molecule has 0 saturated carbocycles. The van der Waals surface area contributed by atoms with Crippen molar-refractivity contribution < 1.29 is 9.18 Å². The van der Waals surface area contributed by atoms with Crippen molar-refractivity contribution in [2.75, 3.05) is 6.54 Å². The molecule has 3 aromatic rings. The molecular formula is C17H14ClFN4O. The van der Waals surface area contributed by atoms with Crippen molar-refractivity contribution in [3.8, 4) is 0 Å². The van der Waals surface area contributed by atoms with Crippen LogP contribution in [0.2, 0.25) is 5.02 Å². The molecule has 2 aromatic heterocycles. The topological polar surface area (TPSA) is 80.9 Å². The van der Waals surface area contributed by atoms with Gasteiger partial charge in [0.15, 0.2) is 5.65 Å². The lowest BCUT2D eigenvalue weighted by atomic mass is 10.1. The van der Waals surface area contributed by atoms with Gasteiger partial charge in [0.2, 0.25) is 0 Å². The van der Waals surface area contributed by atoms with Crippen LogP contribution in [-0.4, -0.2) is 22.4 Å². The molecule has 0 saturated heterocycles. The summed E-state index contributed by atoms with van der Waals surface area (Å²) in [6.45, 7) is 0.126. The Labute approximate surface area is 142 Å². The van der Waals surface area contributed by atoms with E-state index in [4.69, 9.17) is 17.3 Å². The zero-order chi connectivity index (χ0) is 17.1. The number of aromatic nitrogens is 2. The lowest BCUT2D eigenvalue weighted by Crippen LogP contribution is -2.32. The zero-order valence-electron chi connectivity index (χ0n) is 12.5.